The molecule has 16 heavy (non-hydrogen) atoms. The Bertz CT molecular complexity index is 462. The number of aromatic nitrogens is 1. The molecule has 0 fully saturated rings. The lowest BCUT2D eigenvalue weighted by molar-refractivity contribution is 0.318. The average Bonchev–Trinajstić information content (AvgIpc) is 2.49. The van der Waals surface area contributed by atoms with Gasteiger partial charge in [-0.15, -0.1) is 0 Å². The van der Waals surface area contributed by atoms with Gasteiger partial charge in [0.15, 0.2) is 8.68 Å². The summed E-state index contributed by atoms with van der Waals surface area (Å²) in [4.78, 5) is 3.72. The van der Waals surface area contributed by atoms with Crippen LogP contribution < -0.4 is 4.72 Å². The van der Waals surface area contributed by atoms with Crippen molar-refractivity contribution < 1.29 is 8.42 Å². The zero-order valence-electron chi connectivity index (χ0n) is 9.61. The van der Waals surface area contributed by atoms with Gasteiger partial charge in [0.1, 0.15) is 0 Å². The van der Waals surface area contributed by atoms with Crippen LogP contribution in [0.2, 0.25) is 4.47 Å². The molecule has 1 rings (SSSR count). The molecule has 0 aromatic carbocycles. The molecule has 1 aromatic heterocycles. The molecule has 92 valence electrons. The van der Waals surface area contributed by atoms with Gasteiger partial charge >= 0.3 is 0 Å². The van der Waals surface area contributed by atoms with Gasteiger partial charge < -0.3 is 0 Å². The van der Waals surface area contributed by atoms with Gasteiger partial charge in [0, 0.05) is 6.04 Å². The summed E-state index contributed by atoms with van der Waals surface area (Å²) in [5, 5.41) is 0. The highest BCUT2D eigenvalue weighted by Crippen LogP contribution is 2.25. The van der Waals surface area contributed by atoms with E-state index in [-0.39, 0.29) is 20.1 Å². The van der Waals surface area contributed by atoms with E-state index >= 15 is 0 Å². The monoisotopic (exact) mass is 282 g/mol. The third kappa shape index (κ3) is 3.41. The molecule has 1 atom stereocenters. The van der Waals surface area contributed by atoms with E-state index in [1.807, 2.05) is 27.7 Å². The molecule has 0 bridgehead atoms. The van der Waals surface area contributed by atoms with Gasteiger partial charge in [-0.1, -0.05) is 43.7 Å². The van der Waals surface area contributed by atoms with Crippen LogP contribution in [0.25, 0.3) is 0 Å². The number of thiazole rings is 1. The summed E-state index contributed by atoms with van der Waals surface area (Å²) in [6.45, 7) is 7.75. The molecule has 0 aliphatic rings. The second kappa shape index (κ2) is 4.60. The Hall–Kier alpha value is -0.170. The summed E-state index contributed by atoms with van der Waals surface area (Å²) in [5.41, 5.74) is -0.137. The van der Waals surface area contributed by atoms with Crippen molar-refractivity contribution in [1.82, 2.24) is 9.71 Å². The third-order valence-corrected chi connectivity index (χ3v) is 5.47. The molecule has 1 aromatic rings. The van der Waals surface area contributed by atoms with E-state index in [0.717, 1.165) is 11.3 Å². The van der Waals surface area contributed by atoms with E-state index in [4.69, 9.17) is 11.6 Å². The van der Waals surface area contributed by atoms with E-state index in [1.165, 1.54) is 6.20 Å². The van der Waals surface area contributed by atoms with Crippen molar-refractivity contribution in [3.63, 3.8) is 0 Å². The first kappa shape index (κ1) is 13.9. The Kier molecular flexibility index (Phi) is 3.99. The molecule has 7 heteroatoms. The average molecular weight is 283 g/mol. The standard InChI is InChI=1S/C9H15ClN2O2S2/c1-6(9(2,3)4)12-16(13,14)7-5-11-8(10)15-7/h5-6,12H,1-4H3. The molecule has 4 nitrogen and oxygen atoms in total. The van der Waals surface area contributed by atoms with Crippen LogP contribution in [0.1, 0.15) is 27.7 Å². The Morgan fingerprint density at radius 2 is 2.06 bits per heavy atom. The summed E-state index contributed by atoms with van der Waals surface area (Å²) >= 11 is 6.56. The Morgan fingerprint density at radius 3 is 2.44 bits per heavy atom. The van der Waals surface area contributed by atoms with Crippen LogP contribution in [-0.2, 0) is 10.0 Å². The van der Waals surface area contributed by atoms with Crippen molar-refractivity contribution in [1.29, 1.82) is 0 Å². The van der Waals surface area contributed by atoms with E-state index in [9.17, 15) is 8.42 Å². The maximum Gasteiger partial charge on any atom is 0.251 e. The first-order chi connectivity index (χ1) is 7.13. The van der Waals surface area contributed by atoms with Crippen molar-refractivity contribution in [2.75, 3.05) is 0 Å². The van der Waals surface area contributed by atoms with Crippen LogP contribution in [0, 0.1) is 5.41 Å². The zero-order valence-corrected chi connectivity index (χ0v) is 12.0. The number of nitrogens with one attached hydrogen (secondary N) is 1. The first-order valence-electron chi connectivity index (χ1n) is 4.76. The topological polar surface area (TPSA) is 59.1 Å². The van der Waals surface area contributed by atoms with Gasteiger partial charge in [-0.2, -0.15) is 0 Å². The number of sulfonamides is 1. The Labute approximate surface area is 105 Å². The Morgan fingerprint density at radius 1 is 1.50 bits per heavy atom. The molecule has 0 aliphatic carbocycles. The second-order valence-corrected chi connectivity index (χ2v) is 8.19. The molecule has 0 aliphatic heterocycles. The summed E-state index contributed by atoms with van der Waals surface area (Å²) < 4.78 is 26.8. The lowest BCUT2D eigenvalue weighted by Crippen LogP contribution is -2.41. The van der Waals surface area contributed by atoms with Crippen LogP contribution in [0.15, 0.2) is 10.4 Å². The van der Waals surface area contributed by atoms with Crippen LogP contribution in [0.4, 0.5) is 0 Å². The minimum atomic E-state index is -3.50. The quantitative estimate of drug-likeness (QED) is 0.927. The molecular weight excluding hydrogens is 268 g/mol. The van der Waals surface area contributed by atoms with Crippen LogP contribution in [0.5, 0.6) is 0 Å². The van der Waals surface area contributed by atoms with Crippen LogP contribution in [0.3, 0.4) is 0 Å². The fraction of sp³-hybridized carbons (Fsp3) is 0.667. The van der Waals surface area contributed by atoms with Crippen molar-refractivity contribution in [2.24, 2.45) is 5.41 Å². The van der Waals surface area contributed by atoms with E-state index < -0.39 is 10.0 Å². The molecule has 0 radical (unpaired) electrons. The highest BCUT2D eigenvalue weighted by atomic mass is 35.5. The molecule has 0 spiro atoms. The van der Waals surface area contributed by atoms with Gasteiger partial charge in [-0.3, -0.25) is 0 Å². The lowest BCUT2D eigenvalue weighted by Gasteiger charge is -2.27. The third-order valence-electron chi connectivity index (χ3n) is 2.35. The molecule has 0 amide bonds. The minimum Gasteiger partial charge on any atom is -0.232 e. The number of nitrogens with zero attached hydrogens (tertiary/aromatic N) is 1. The summed E-state index contributed by atoms with van der Waals surface area (Å²) in [5.74, 6) is 0. The first-order valence-corrected chi connectivity index (χ1v) is 7.44. The molecule has 1 N–H and O–H groups in total. The minimum absolute atomic E-state index is 0.137. The number of hydrogen-bond acceptors (Lipinski definition) is 4. The summed E-state index contributed by atoms with van der Waals surface area (Å²) in [7, 11) is -3.50. The van der Waals surface area contributed by atoms with Crippen LogP contribution >= 0.6 is 22.9 Å². The van der Waals surface area contributed by atoms with Crippen molar-refractivity contribution in [3.05, 3.63) is 10.7 Å². The van der Waals surface area contributed by atoms with Crippen molar-refractivity contribution >= 4 is 33.0 Å². The number of rotatable bonds is 3. The molecule has 0 saturated heterocycles. The van der Waals surface area contributed by atoms with Crippen molar-refractivity contribution in [2.45, 2.75) is 37.9 Å². The highest BCUT2D eigenvalue weighted by Gasteiger charge is 2.27. The molecule has 0 saturated carbocycles. The number of hydrogen-bond donors (Lipinski definition) is 1. The maximum absolute atomic E-state index is 11.9. The van der Waals surface area contributed by atoms with Crippen molar-refractivity contribution in [3.8, 4) is 0 Å². The normalized spacial score (nSPS) is 15.1. The second-order valence-electron chi connectivity index (χ2n) is 4.64. The molecular formula is C9H15ClN2O2S2. The largest absolute Gasteiger partial charge is 0.251 e. The molecule has 1 heterocycles. The smallest absolute Gasteiger partial charge is 0.232 e. The van der Waals surface area contributed by atoms with Gasteiger partial charge in [-0.25, -0.2) is 18.1 Å². The van der Waals surface area contributed by atoms with Gasteiger partial charge in [-0.05, 0) is 12.3 Å². The zero-order chi connectivity index (χ0) is 12.6. The van der Waals surface area contributed by atoms with E-state index in [0.29, 0.717) is 0 Å². The van der Waals surface area contributed by atoms with Gasteiger partial charge in [0.05, 0.1) is 6.20 Å². The fourth-order valence-corrected chi connectivity index (χ4v) is 3.59. The van der Waals surface area contributed by atoms with E-state index in [2.05, 4.69) is 9.71 Å². The SMILES string of the molecule is CC(NS(=O)(=O)c1cnc(Cl)s1)C(C)(C)C. The number of halogens is 1. The fourth-order valence-electron chi connectivity index (χ4n) is 0.831. The van der Waals surface area contributed by atoms with E-state index in [1.54, 1.807) is 0 Å². The van der Waals surface area contributed by atoms with Crippen LogP contribution in [-0.4, -0.2) is 19.4 Å². The Balaban J connectivity index is 2.89. The highest BCUT2D eigenvalue weighted by molar-refractivity contribution is 7.91. The maximum atomic E-state index is 11.9. The summed E-state index contributed by atoms with van der Waals surface area (Å²) in [6, 6.07) is -0.168. The predicted molar refractivity (Wildman–Crippen MR) is 66.4 cm³/mol. The molecule has 1 unspecified atom stereocenters. The van der Waals surface area contributed by atoms with Gasteiger partial charge in [0.2, 0.25) is 0 Å². The lowest BCUT2D eigenvalue weighted by atomic mass is 9.89. The summed E-state index contributed by atoms with van der Waals surface area (Å²) in [6.07, 6.45) is 1.27. The van der Waals surface area contributed by atoms with Gasteiger partial charge in [0.25, 0.3) is 10.0 Å². The predicted octanol–water partition coefficient (Wildman–Crippen LogP) is 2.51.